The van der Waals surface area contributed by atoms with Gasteiger partial charge in [0.1, 0.15) is 0 Å². The fourth-order valence-electron chi connectivity index (χ4n) is 10.9. The van der Waals surface area contributed by atoms with Gasteiger partial charge in [-0.15, -0.1) is 0 Å². The fraction of sp³-hybridized carbons (Fsp3) is 0.977. The Bertz CT molecular complexity index is 821. The minimum atomic E-state index is -0.521. The van der Waals surface area contributed by atoms with E-state index in [4.69, 9.17) is 14.5 Å². The molecule has 1 atom stereocenters. The van der Waals surface area contributed by atoms with Gasteiger partial charge in [0.25, 0.3) is 0 Å². The Balaban J connectivity index is 0.984. The smallest absolute Gasteiger partial charge is 0.311 e. The highest BCUT2D eigenvalue weighted by Crippen LogP contribution is 2.44. The van der Waals surface area contributed by atoms with Gasteiger partial charge in [-0.25, -0.2) is 4.89 Å². The van der Waals surface area contributed by atoms with Gasteiger partial charge in [-0.2, -0.15) is 4.89 Å². The summed E-state index contributed by atoms with van der Waals surface area (Å²) in [4.78, 5) is 25.5. The average Bonchev–Trinajstić information content (AvgIpc) is 3.13. The van der Waals surface area contributed by atoms with Crippen molar-refractivity contribution in [1.82, 2.24) is 0 Å². The van der Waals surface area contributed by atoms with Crippen molar-refractivity contribution in [3.05, 3.63) is 0 Å². The Labute approximate surface area is 290 Å². The minimum absolute atomic E-state index is 0.0113. The predicted molar refractivity (Wildman–Crippen MR) is 194 cm³/mol. The Hall–Kier alpha value is -0.610. The SMILES string of the molecule is CCCCCC1CCC(C2CCC(COOC(OC(=O)C3CCC(C4CCC(CCCCC)CC4)CC3)C3CCCCC3)CC2)CC1. The van der Waals surface area contributed by atoms with E-state index in [0.29, 0.717) is 12.5 Å². The molecule has 0 amide bonds. The van der Waals surface area contributed by atoms with Crippen molar-refractivity contribution in [3.63, 3.8) is 0 Å². The first-order valence-corrected chi connectivity index (χ1v) is 21.6. The van der Waals surface area contributed by atoms with Gasteiger partial charge >= 0.3 is 5.97 Å². The molecule has 272 valence electrons. The molecular formula is C43H76O4. The summed E-state index contributed by atoms with van der Waals surface area (Å²) < 4.78 is 6.21. The molecule has 0 radical (unpaired) electrons. The number of carbonyl (C=O) groups is 1. The van der Waals surface area contributed by atoms with Crippen LogP contribution in [0.4, 0.5) is 0 Å². The van der Waals surface area contributed by atoms with E-state index in [2.05, 4.69) is 13.8 Å². The van der Waals surface area contributed by atoms with E-state index in [9.17, 15) is 4.79 Å². The van der Waals surface area contributed by atoms with Gasteiger partial charge in [0.2, 0.25) is 6.29 Å². The Morgan fingerprint density at radius 1 is 0.532 bits per heavy atom. The molecule has 0 aromatic rings. The molecular weight excluding hydrogens is 580 g/mol. The van der Waals surface area contributed by atoms with Gasteiger partial charge in [-0.05, 0) is 131 Å². The molecule has 47 heavy (non-hydrogen) atoms. The standard InChI is InChI=1S/C43H76O4/c1-3-5-8-12-33-16-22-36(23-17-33)38-26-20-35(21-27-38)32-45-47-43(41-14-10-7-11-15-41)46-42(44)40-30-28-39(29-31-40)37-24-18-34(19-25-37)13-9-6-4-2/h33-41,43H,3-32H2,1-2H3. The zero-order valence-electron chi connectivity index (χ0n) is 31.1. The first-order chi connectivity index (χ1) is 23.1. The Morgan fingerprint density at radius 3 is 1.45 bits per heavy atom. The zero-order valence-corrected chi connectivity index (χ0v) is 31.1. The number of unbranched alkanes of at least 4 members (excludes halogenated alkanes) is 4. The average molecular weight is 657 g/mol. The van der Waals surface area contributed by atoms with Crippen molar-refractivity contribution in [1.29, 1.82) is 0 Å². The number of ether oxygens (including phenoxy) is 1. The number of carbonyl (C=O) groups excluding carboxylic acids is 1. The molecule has 5 aliphatic carbocycles. The molecule has 5 saturated carbocycles. The number of rotatable bonds is 17. The van der Waals surface area contributed by atoms with E-state index in [1.54, 1.807) is 0 Å². The van der Waals surface area contributed by atoms with Gasteiger partial charge < -0.3 is 4.74 Å². The maximum absolute atomic E-state index is 13.5. The Kier molecular flexibility index (Phi) is 16.8. The fourth-order valence-corrected chi connectivity index (χ4v) is 10.9. The third kappa shape index (κ3) is 12.3. The second kappa shape index (κ2) is 20.9. The summed E-state index contributed by atoms with van der Waals surface area (Å²) in [6.45, 7) is 5.29. The first kappa shape index (κ1) is 37.6. The number of esters is 1. The number of hydrogen-bond acceptors (Lipinski definition) is 4. The van der Waals surface area contributed by atoms with Crippen LogP contribution in [-0.4, -0.2) is 18.9 Å². The summed E-state index contributed by atoms with van der Waals surface area (Å²) in [5.74, 6) is 6.51. The predicted octanol–water partition coefficient (Wildman–Crippen LogP) is 12.8. The molecule has 4 nitrogen and oxygen atoms in total. The number of hydrogen-bond donors (Lipinski definition) is 0. The van der Waals surface area contributed by atoms with E-state index in [1.165, 1.54) is 161 Å². The van der Waals surface area contributed by atoms with Crippen molar-refractivity contribution in [2.75, 3.05) is 6.61 Å². The summed E-state index contributed by atoms with van der Waals surface area (Å²) in [5, 5.41) is 0. The molecule has 0 aromatic heterocycles. The van der Waals surface area contributed by atoms with Crippen LogP contribution in [0.3, 0.4) is 0 Å². The molecule has 0 spiro atoms. The van der Waals surface area contributed by atoms with Gasteiger partial charge in [0.05, 0.1) is 12.5 Å². The van der Waals surface area contributed by atoms with Crippen LogP contribution in [0.5, 0.6) is 0 Å². The van der Waals surface area contributed by atoms with Crippen molar-refractivity contribution in [3.8, 4) is 0 Å². The molecule has 5 rings (SSSR count). The summed E-state index contributed by atoms with van der Waals surface area (Å²) in [5.41, 5.74) is 0. The molecule has 5 aliphatic rings. The second-order valence-electron chi connectivity index (χ2n) is 17.5. The second-order valence-corrected chi connectivity index (χ2v) is 17.5. The van der Waals surface area contributed by atoms with Crippen LogP contribution < -0.4 is 0 Å². The summed E-state index contributed by atoms with van der Waals surface area (Å²) in [6.07, 6.45) is 38.0. The minimum Gasteiger partial charge on any atom is -0.432 e. The van der Waals surface area contributed by atoms with E-state index in [1.807, 2.05) is 0 Å². The summed E-state index contributed by atoms with van der Waals surface area (Å²) in [6, 6.07) is 0. The molecule has 5 fully saturated rings. The first-order valence-electron chi connectivity index (χ1n) is 21.6. The quantitative estimate of drug-likeness (QED) is 0.0514. The maximum Gasteiger partial charge on any atom is 0.311 e. The molecule has 0 bridgehead atoms. The monoisotopic (exact) mass is 657 g/mol. The van der Waals surface area contributed by atoms with E-state index < -0.39 is 6.29 Å². The van der Waals surface area contributed by atoms with Crippen LogP contribution in [0.15, 0.2) is 0 Å². The van der Waals surface area contributed by atoms with Crippen LogP contribution >= 0.6 is 0 Å². The van der Waals surface area contributed by atoms with Gasteiger partial charge in [0, 0.05) is 5.92 Å². The maximum atomic E-state index is 13.5. The van der Waals surface area contributed by atoms with Crippen molar-refractivity contribution < 1.29 is 19.3 Å². The van der Waals surface area contributed by atoms with Crippen LogP contribution in [-0.2, 0) is 19.3 Å². The molecule has 0 heterocycles. The van der Waals surface area contributed by atoms with E-state index in [0.717, 1.165) is 61.2 Å². The lowest BCUT2D eigenvalue weighted by Gasteiger charge is -2.38. The Morgan fingerprint density at radius 2 is 0.979 bits per heavy atom. The molecule has 4 heteroatoms. The van der Waals surface area contributed by atoms with Gasteiger partial charge in [-0.1, -0.05) is 110 Å². The molecule has 0 saturated heterocycles. The highest BCUT2D eigenvalue weighted by Gasteiger charge is 2.37. The van der Waals surface area contributed by atoms with Crippen LogP contribution in [0.25, 0.3) is 0 Å². The van der Waals surface area contributed by atoms with E-state index >= 15 is 0 Å². The molecule has 0 aromatic carbocycles. The van der Waals surface area contributed by atoms with E-state index in [-0.39, 0.29) is 17.8 Å². The lowest BCUT2D eigenvalue weighted by molar-refractivity contribution is -0.388. The van der Waals surface area contributed by atoms with Crippen molar-refractivity contribution in [2.45, 2.75) is 206 Å². The third-order valence-electron chi connectivity index (χ3n) is 14.3. The third-order valence-corrected chi connectivity index (χ3v) is 14.3. The highest BCUT2D eigenvalue weighted by molar-refractivity contribution is 5.72. The molecule has 0 N–H and O–H groups in total. The van der Waals surface area contributed by atoms with Gasteiger partial charge in [0.15, 0.2) is 0 Å². The zero-order chi connectivity index (χ0) is 32.7. The summed E-state index contributed by atoms with van der Waals surface area (Å²) in [7, 11) is 0. The normalized spacial score (nSPS) is 34.9. The van der Waals surface area contributed by atoms with Crippen LogP contribution in [0, 0.1) is 53.3 Å². The highest BCUT2D eigenvalue weighted by atomic mass is 17.2. The largest absolute Gasteiger partial charge is 0.432 e. The summed E-state index contributed by atoms with van der Waals surface area (Å²) >= 11 is 0. The lowest BCUT2D eigenvalue weighted by atomic mass is 9.68. The lowest BCUT2D eigenvalue weighted by Crippen LogP contribution is -2.36. The molecule has 1 unspecified atom stereocenters. The van der Waals surface area contributed by atoms with Gasteiger partial charge in [-0.3, -0.25) is 4.79 Å². The molecule has 0 aliphatic heterocycles. The van der Waals surface area contributed by atoms with Crippen molar-refractivity contribution in [2.24, 2.45) is 53.3 Å². The van der Waals surface area contributed by atoms with Crippen molar-refractivity contribution >= 4 is 5.97 Å². The topological polar surface area (TPSA) is 44.8 Å². The van der Waals surface area contributed by atoms with Crippen LogP contribution in [0.2, 0.25) is 0 Å². The van der Waals surface area contributed by atoms with Crippen LogP contribution in [0.1, 0.15) is 200 Å².